The zero-order valence-corrected chi connectivity index (χ0v) is 15.4. The van der Waals surface area contributed by atoms with Crippen molar-refractivity contribution in [2.45, 2.75) is 39.5 Å². The molecular weight excluding hydrogens is 312 g/mol. The third-order valence-electron chi connectivity index (χ3n) is 4.39. The first-order chi connectivity index (χ1) is 12.1. The smallest absolute Gasteiger partial charge is 0.306 e. The van der Waals surface area contributed by atoms with Gasteiger partial charge in [0.05, 0.1) is 19.6 Å². The molecule has 0 spiro atoms. The fourth-order valence-electron chi connectivity index (χ4n) is 2.65. The summed E-state index contributed by atoms with van der Waals surface area (Å²) >= 11 is 0. The second kappa shape index (κ2) is 9.87. The van der Waals surface area contributed by atoms with E-state index in [9.17, 15) is 4.79 Å². The molecule has 0 aromatic heterocycles. The van der Waals surface area contributed by atoms with Crippen molar-refractivity contribution in [3.63, 3.8) is 0 Å². The van der Waals surface area contributed by atoms with E-state index in [-0.39, 0.29) is 11.9 Å². The summed E-state index contributed by atoms with van der Waals surface area (Å²) in [6.07, 6.45) is 1.44. The number of benzene rings is 2. The SMILES string of the molecule is CCOC(=O)C[C@@H](c1ccccc1)c1ccc(OC[C@@H](C)CC)cc1. The topological polar surface area (TPSA) is 35.5 Å². The van der Waals surface area contributed by atoms with Crippen molar-refractivity contribution in [3.05, 3.63) is 65.7 Å². The molecule has 0 radical (unpaired) electrons. The molecule has 0 saturated heterocycles. The van der Waals surface area contributed by atoms with Crippen molar-refractivity contribution >= 4 is 5.97 Å². The normalized spacial score (nSPS) is 13.1. The number of carbonyl (C=O) groups is 1. The molecule has 0 aliphatic carbocycles. The van der Waals surface area contributed by atoms with Crippen LogP contribution < -0.4 is 4.74 Å². The molecule has 0 N–H and O–H groups in total. The predicted molar refractivity (Wildman–Crippen MR) is 101 cm³/mol. The van der Waals surface area contributed by atoms with E-state index in [1.54, 1.807) is 0 Å². The lowest BCUT2D eigenvalue weighted by atomic mass is 9.88. The van der Waals surface area contributed by atoms with Gasteiger partial charge in [-0.1, -0.05) is 62.7 Å². The lowest BCUT2D eigenvalue weighted by Crippen LogP contribution is -2.12. The third-order valence-corrected chi connectivity index (χ3v) is 4.39. The molecule has 3 nitrogen and oxygen atoms in total. The number of hydrogen-bond acceptors (Lipinski definition) is 3. The summed E-state index contributed by atoms with van der Waals surface area (Å²) in [5, 5.41) is 0. The predicted octanol–water partition coefficient (Wildman–Crippen LogP) is 5.20. The third kappa shape index (κ3) is 5.93. The Labute approximate surface area is 151 Å². The Morgan fingerprint density at radius 3 is 2.20 bits per heavy atom. The molecule has 3 heteroatoms. The van der Waals surface area contributed by atoms with Crippen LogP contribution in [0.1, 0.15) is 50.7 Å². The maximum Gasteiger partial charge on any atom is 0.306 e. The minimum Gasteiger partial charge on any atom is -0.493 e. The van der Waals surface area contributed by atoms with E-state index in [0.717, 1.165) is 29.9 Å². The van der Waals surface area contributed by atoms with Crippen molar-refractivity contribution in [2.24, 2.45) is 5.92 Å². The average molecular weight is 340 g/mol. The van der Waals surface area contributed by atoms with Gasteiger partial charge in [0, 0.05) is 5.92 Å². The van der Waals surface area contributed by atoms with E-state index in [1.165, 1.54) is 0 Å². The van der Waals surface area contributed by atoms with Gasteiger partial charge in [0.15, 0.2) is 0 Å². The van der Waals surface area contributed by atoms with Gasteiger partial charge in [0.2, 0.25) is 0 Å². The lowest BCUT2D eigenvalue weighted by molar-refractivity contribution is -0.143. The van der Waals surface area contributed by atoms with Crippen LogP contribution in [0.25, 0.3) is 0 Å². The second-order valence-corrected chi connectivity index (χ2v) is 6.37. The van der Waals surface area contributed by atoms with Crippen molar-refractivity contribution in [1.29, 1.82) is 0 Å². The van der Waals surface area contributed by atoms with E-state index in [4.69, 9.17) is 9.47 Å². The van der Waals surface area contributed by atoms with E-state index in [2.05, 4.69) is 26.0 Å². The molecule has 0 bridgehead atoms. The Bertz CT molecular complexity index is 634. The molecule has 0 aliphatic heterocycles. The Morgan fingerprint density at radius 1 is 0.960 bits per heavy atom. The van der Waals surface area contributed by atoms with Crippen LogP contribution in [0.3, 0.4) is 0 Å². The second-order valence-electron chi connectivity index (χ2n) is 6.37. The first-order valence-corrected chi connectivity index (χ1v) is 9.07. The fourth-order valence-corrected chi connectivity index (χ4v) is 2.65. The van der Waals surface area contributed by atoms with Crippen molar-refractivity contribution in [2.75, 3.05) is 13.2 Å². The van der Waals surface area contributed by atoms with E-state index in [1.807, 2.05) is 49.4 Å². The van der Waals surface area contributed by atoms with E-state index in [0.29, 0.717) is 18.9 Å². The molecule has 134 valence electrons. The highest BCUT2D eigenvalue weighted by Gasteiger charge is 2.19. The number of hydrogen-bond donors (Lipinski definition) is 0. The molecule has 0 saturated carbocycles. The van der Waals surface area contributed by atoms with Gasteiger partial charge in [-0.3, -0.25) is 4.79 Å². The van der Waals surface area contributed by atoms with E-state index >= 15 is 0 Å². The molecular formula is C22H28O3. The largest absolute Gasteiger partial charge is 0.493 e. The first-order valence-electron chi connectivity index (χ1n) is 9.07. The van der Waals surface area contributed by atoms with Crippen LogP contribution in [-0.2, 0) is 9.53 Å². The standard InChI is InChI=1S/C22H28O3/c1-4-17(3)16-25-20-13-11-19(12-14-20)21(15-22(23)24-5-2)18-9-7-6-8-10-18/h6-14,17,21H,4-5,15-16H2,1-3H3/t17-,21-/m0/s1. The van der Waals surface area contributed by atoms with Gasteiger partial charge in [0.1, 0.15) is 5.75 Å². The molecule has 0 aliphatic rings. The molecule has 25 heavy (non-hydrogen) atoms. The molecule has 0 amide bonds. The summed E-state index contributed by atoms with van der Waals surface area (Å²) in [5.41, 5.74) is 2.21. The Kier molecular flexibility index (Phi) is 7.52. The van der Waals surface area contributed by atoms with Crippen molar-refractivity contribution < 1.29 is 14.3 Å². The Morgan fingerprint density at radius 2 is 1.60 bits per heavy atom. The highest BCUT2D eigenvalue weighted by Crippen LogP contribution is 2.29. The fraction of sp³-hybridized carbons (Fsp3) is 0.409. The summed E-state index contributed by atoms with van der Waals surface area (Å²) in [7, 11) is 0. The van der Waals surface area contributed by atoms with Gasteiger partial charge in [0.25, 0.3) is 0 Å². The summed E-state index contributed by atoms with van der Waals surface area (Å²) < 4.78 is 11.0. The zero-order chi connectivity index (χ0) is 18.1. The highest BCUT2D eigenvalue weighted by atomic mass is 16.5. The Balaban J connectivity index is 2.15. The van der Waals surface area contributed by atoms with Gasteiger partial charge in [-0.05, 0) is 36.1 Å². The van der Waals surface area contributed by atoms with Crippen LogP contribution >= 0.6 is 0 Å². The van der Waals surface area contributed by atoms with Crippen molar-refractivity contribution in [3.8, 4) is 5.75 Å². The number of esters is 1. The zero-order valence-electron chi connectivity index (χ0n) is 15.4. The van der Waals surface area contributed by atoms with Gasteiger partial charge < -0.3 is 9.47 Å². The number of rotatable bonds is 9. The number of ether oxygens (including phenoxy) is 2. The molecule has 0 heterocycles. The van der Waals surface area contributed by atoms with Crippen molar-refractivity contribution in [1.82, 2.24) is 0 Å². The monoisotopic (exact) mass is 340 g/mol. The van der Waals surface area contributed by atoms with Gasteiger partial charge >= 0.3 is 5.97 Å². The van der Waals surface area contributed by atoms with E-state index < -0.39 is 0 Å². The summed E-state index contributed by atoms with van der Waals surface area (Å²) in [6, 6.07) is 18.1. The van der Waals surface area contributed by atoms with Crippen LogP contribution in [0.15, 0.2) is 54.6 Å². The average Bonchev–Trinajstić information content (AvgIpc) is 2.65. The summed E-state index contributed by atoms with van der Waals surface area (Å²) in [6.45, 7) is 7.30. The van der Waals surface area contributed by atoms with Crippen LogP contribution in [0.5, 0.6) is 5.75 Å². The maximum atomic E-state index is 12.0. The highest BCUT2D eigenvalue weighted by molar-refractivity contribution is 5.71. The Hall–Kier alpha value is -2.29. The molecule has 2 atom stereocenters. The minimum absolute atomic E-state index is 0.0103. The van der Waals surface area contributed by atoms with Gasteiger partial charge in [-0.25, -0.2) is 0 Å². The van der Waals surface area contributed by atoms with Gasteiger partial charge in [-0.2, -0.15) is 0 Å². The quantitative estimate of drug-likeness (QED) is 0.589. The number of carbonyl (C=O) groups excluding carboxylic acids is 1. The van der Waals surface area contributed by atoms with Crippen LogP contribution in [0, 0.1) is 5.92 Å². The molecule has 0 unspecified atom stereocenters. The molecule has 2 aromatic carbocycles. The van der Waals surface area contributed by atoms with Crippen LogP contribution in [0.4, 0.5) is 0 Å². The summed E-state index contributed by atoms with van der Waals surface area (Å²) in [5.74, 6) is 1.23. The lowest BCUT2D eigenvalue weighted by Gasteiger charge is -2.18. The molecule has 2 rings (SSSR count). The van der Waals surface area contributed by atoms with Gasteiger partial charge in [-0.15, -0.1) is 0 Å². The molecule has 2 aromatic rings. The summed E-state index contributed by atoms with van der Waals surface area (Å²) in [4.78, 5) is 12.0. The minimum atomic E-state index is -0.173. The molecule has 0 fully saturated rings. The maximum absolute atomic E-state index is 12.0. The van der Waals surface area contributed by atoms with Crippen LogP contribution in [-0.4, -0.2) is 19.2 Å². The van der Waals surface area contributed by atoms with Crippen LogP contribution in [0.2, 0.25) is 0 Å². The first kappa shape index (κ1) is 19.0.